The summed E-state index contributed by atoms with van der Waals surface area (Å²) in [4.78, 5) is 26.9. The van der Waals surface area contributed by atoms with E-state index in [9.17, 15) is 14.0 Å². The minimum Gasteiger partial charge on any atom is -0.486 e. The Morgan fingerprint density at radius 2 is 1.66 bits per heavy atom. The van der Waals surface area contributed by atoms with Crippen LogP contribution in [0.15, 0.2) is 36.4 Å². The minimum absolute atomic E-state index is 0.141. The van der Waals surface area contributed by atoms with Gasteiger partial charge in [0.2, 0.25) is 5.91 Å². The predicted molar refractivity (Wildman–Crippen MR) is 106 cm³/mol. The topological polar surface area (TPSA) is 67.9 Å². The van der Waals surface area contributed by atoms with Crippen LogP contribution >= 0.6 is 11.6 Å². The highest BCUT2D eigenvalue weighted by molar-refractivity contribution is 6.34. The fourth-order valence-corrected chi connectivity index (χ4v) is 3.72. The number of anilines is 1. The third-order valence-corrected chi connectivity index (χ3v) is 5.45. The number of carbonyl (C=O) groups is 2. The summed E-state index contributed by atoms with van der Waals surface area (Å²) in [5.74, 6) is 0.213. The first-order chi connectivity index (χ1) is 14.0. The third kappa shape index (κ3) is 4.29. The van der Waals surface area contributed by atoms with Crippen molar-refractivity contribution in [3.8, 4) is 11.5 Å². The summed E-state index contributed by atoms with van der Waals surface area (Å²) in [6.45, 7) is 1.83. The molecule has 0 spiro atoms. The van der Waals surface area contributed by atoms with Gasteiger partial charge in [0.15, 0.2) is 11.5 Å². The molecule has 29 heavy (non-hydrogen) atoms. The summed E-state index contributed by atoms with van der Waals surface area (Å²) in [5.41, 5.74) is 0.920. The van der Waals surface area contributed by atoms with Crippen molar-refractivity contribution >= 4 is 29.1 Å². The second-order valence-corrected chi connectivity index (χ2v) is 7.45. The van der Waals surface area contributed by atoms with E-state index < -0.39 is 0 Å². The Hall–Kier alpha value is -2.80. The molecular weight excluding hydrogens is 399 g/mol. The lowest BCUT2D eigenvalue weighted by molar-refractivity contribution is -0.121. The quantitative estimate of drug-likeness (QED) is 0.824. The lowest BCUT2D eigenvalue weighted by atomic mass is 9.95. The zero-order valence-electron chi connectivity index (χ0n) is 15.6. The molecule has 2 aliphatic rings. The number of ether oxygens (including phenoxy) is 2. The number of benzene rings is 2. The molecule has 2 heterocycles. The molecule has 0 unspecified atom stereocenters. The Morgan fingerprint density at radius 3 is 2.31 bits per heavy atom. The van der Waals surface area contributed by atoms with Crippen molar-refractivity contribution in [1.82, 2.24) is 4.90 Å². The zero-order valence-corrected chi connectivity index (χ0v) is 16.4. The number of likely N-dealkylation sites (tertiary alicyclic amines) is 1. The number of hydrogen-bond acceptors (Lipinski definition) is 4. The lowest BCUT2D eigenvalue weighted by Gasteiger charge is -2.31. The number of hydrogen-bond donors (Lipinski definition) is 1. The molecule has 2 aromatic carbocycles. The molecule has 0 radical (unpaired) electrons. The first-order valence-corrected chi connectivity index (χ1v) is 9.84. The van der Waals surface area contributed by atoms with Crippen LogP contribution in [0.3, 0.4) is 0 Å². The summed E-state index contributed by atoms with van der Waals surface area (Å²) < 4.78 is 24.1. The van der Waals surface area contributed by atoms with Crippen molar-refractivity contribution < 1.29 is 23.5 Å². The van der Waals surface area contributed by atoms with E-state index in [0.717, 1.165) is 0 Å². The standard InChI is InChI=1S/C21H20ClFN2O4/c22-16-11-18-19(29-10-9-28-18)12-17(16)24-20(26)13-5-7-25(8-6-13)21(27)14-1-3-15(23)4-2-14/h1-4,11-13H,5-10H2,(H,24,26). The van der Waals surface area contributed by atoms with E-state index in [2.05, 4.69) is 5.32 Å². The van der Waals surface area contributed by atoms with E-state index in [0.29, 0.717) is 66.9 Å². The highest BCUT2D eigenvalue weighted by atomic mass is 35.5. The summed E-state index contributed by atoms with van der Waals surface area (Å²) in [6, 6.07) is 8.78. The first-order valence-electron chi connectivity index (χ1n) is 9.46. The van der Waals surface area contributed by atoms with Crippen LogP contribution in [-0.4, -0.2) is 43.0 Å². The Bertz CT molecular complexity index is 927. The molecule has 4 rings (SSSR count). The molecule has 0 aliphatic carbocycles. The molecular formula is C21H20ClFN2O4. The van der Waals surface area contributed by atoms with Crippen LogP contribution in [0.1, 0.15) is 23.2 Å². The fraction of sp³-hybridized carbons (Fsp3) is 0.333. The van der Waals surface area contributed by atoms with Crippen molar-refractivity contribution in [1.29, 1.82) is 0 Å². The van der Waals surface area contributed by atoms with Gasteiger partial charge in [0.25, 0.3) is 5.91 Å². The number of piperidine rings is 1. The van der Waals surface area contributed by atoms with E-state index in [4.69, 9.17) is 21.1 Å². The third-order valence-electron chi connectivity index (χ3n) is 5.13. The smallest absolute Gasteiger partial charge is 0.253 e. The highest BCUT2D eigenvalue weighted by Gasteiger charge is 2.28. The minimum atomic E-state index is -0.380. The molecule has 1 fully saturated rings. The van der Waals surface area contributed by atoms with Crippen molar-refractivity contribution in [3.63, 3.8) is 0 Å². The maximum absolute atomic E-state index is 13.0. The molecule has 6 nitrogen and oxygen atoms in total. The van der Waals surface area contributed by atoms with Crippen molar-refractivity contribution in [2.24, 2.45) is 5.92 Å². The van der Waals surface area contributed by atoms with Crippen molar-refractivity contribution in [2.45, 2.75) is 12.8 Å². The molecule has 1 N–H and O–H groups in total. The van der Waals surface area contributed by atoms with E-state index in [1.165, 1.54) is 24.3 Å². The molecule has 2 aromatic rings. The number of nitrogens with one attached hydrogen (secondary N) is 1. The van der Waals surface area contributed by atoms with Gasteiger partial charge in [0.1, 0.15) is 19.0 Å². The van der Waals surface area contributed by atoms with Crippen LogP contribution in [0.2, 0.25) is 5.02 Å². The Kier molecular flexibility index (Phi) is 5.58. The molecule has 2 aliphatic heterocycles. The Balaban J connectivity index is 1.36. The molecule has 1 saturated heterocycles. The maximum atomic E-state index is 13.0. The summed E-state index contributed by atoms with van der Waals surface area (Å²) in [5, 5.41) is 3.24. The van der Waals surface area contributed by atoms with Crippen LogP contribution in [0.5, 0.6) is 11.5 Å². The summed E-state index contributed by atoms with van der Waals surface area (Å²) in [7, 11) is 0. The van der Waals surface area contributed by atoms with Gasteiger partial charge in [0, 0.05) is 36.7 Å². The lowest BCUT2D eigenvalue weighted by Crippen LogP contribution is -2.41. The van der Waals surface area contributed by atoms with Gasteiger partial charge in [-0.1, -0.05) is 11.6 Å². The maximum Gasteiger partial charge on any atom is 0.253 e. The number of nitrogens with zero attached hydrogens (tertiary/aromatic N) is 1. The summed E-state index contributed by atoms with van der Waals surface area (Å²) in [6.07, 6.45) is 1.09. The van der Waals surface area contributed by atoms with Crippen molar-refractivity contribution in [3.05, 3.63) is 52.8 Å². The number of carbonyl (C=O) groups excluding carboxylic acids is 2. The fourth-order valence-electron chi connectivity index (χ4n) is 3.51. The second kappa shape index (κ2) is 8.29. The van der Waals surface area contributed by atoms with Crippen molar-refractivity contribution in [2.75, 3.05) is 31.6 Å². The van der Waals surface area contributed by atoms with Gasteiger partial charge in [-0.05, 0) is 37.1 Å². The van der Waals surface area contributed by atoms with Gasteiger partial charge in [-0.25, -0.2) is 4.39 Å². The van der Waals surface area contributed by atoms with E-state index in [1.54, 1.807) is 17.0 Å². The van der Waals surface area contributed by atoms with Crippen LogP contribution in [0, 0.1) is 11.7 Å². The first kappa shape index (κ1) is 19.5. The average Bonchev–Trinajstić information content (AvgIpc) is 2.74. The summed E-state index contributed by atoms with van der Waals surface area (Å²) >= 11 is 6.26. The molecule has 0 bridgehead atoms. The molecule has 152 valence electrons. The Labute approximate surface area is 172 Å². The highest BCUT2D eigenvalue weighted by Crippen LogP contribution is 2.38. The Morgan fingerprint density at radius 1 is 1.03 bits per heavy atom. The monoisotopic (exact) mass is 418 g/mol. The molecule has 2 amide bonds. The number of fused-ring (bicyclic) bond motifs is 1. The largest absolute Gasteiger partial charge is 0.486 e. The van der Waals surface area contributed by atoms with Gasteiger partial charge >= 0.3 is 0 Å². The predicted octanol–water partition coefficient (Wildman–Crippen LogP) is 3.74. The van der Waals surface area contributed by atoms with Crippen LogP contribution in [0.4, 0.5) is 10.1 Å². The van der Waals surface area contributed by atoms with E-state index in [-0.39, 0.29) is 23.5 Å². The van der Waals surface area contributed by atoms with Gasteiger partial charge < -0.3 is 19.7 Å². The zero-order chi connectivity index (χ0) is 20.4. The molecule has 0 saturated carbocycles. The second-order valence-electron chi connectivity index (χ2n) is 7.04. The van der Waals surface area contributed by atoms with E-state index >= 15 is 0 Å². The molecule has 8 heteroatoms. The van der Waals surface area contributed by atoms with Crippen LogP contribution in [0.25, 0.3) is 0 Å². The van der Waals surface area contributed by atoms with E-state index in [1.807, 2.05) is 0 Å². The van der Waals surface area contributed by atoms with Gasteiger partial charge in [-0.3, -0.25) is 9.59 Å². The SMILES string of the molecule is O=C(Nc1cc2c(cc1Cl)OCCO2)C1CCN(C(=O)c2ccc(F)cc2)CC1. The number of amides is 2. The van der Waals surface area contributed by atoms with Gasteiger partial charge in [0.05, 0.1) is 10.7 Å². The number of rotatable bonds is 3. The molecule has 0 atom stereocenters. The van der Waals surface area contributed by atoms with Gasteiger partial charge in [-0.2, -0.15) is 0 Å². The van der Waals surface area contributed by atoms with Crippen LogP contribution in [-0.2, 0) is 4.79 Å². The number of halogens is 2. The van der Waals surface area contributed by atoms with Crippen LogP contribution < -0.4 is 14.8 Å². The normalized spacial score (nSPS) is 16.4. The van der Waals surface area contributed by atoms with Gasteiger partial charge in [-0.15, -0.1) is 0 Å². The average molecular weight is 419 g/mol. The molecule has 0 aromatic heterocycles.